The van der Waals surface area contributed by atoms with E-state index in [9.17, 15) is 0 Å². The van der Waals surface area contributed by atoms with Crippen LogP contribution in [-0.4, -0.2) is 26.1 Å². The number of hydrogen-bond acceptors (Lipinski definition) is 2. The van der Waals surface area contributed by atoms with Crippen LogP contribution in [0.25, 0.3) is 0 Å². The summed E-state index contributed by atoms with van der Waals surface area (Å²) in [4.78, 5) is 7.00. The van der Waals surface area contributed by atoms with Crippen LogP contribution in [0.4, 0.5) is 0 Å². The molecule has 2 fully saturated rings. The Bertz CT molecular complexity index is 735. The Balaban J connectivity index is 1.72. The van der Waals surface area contributed by atoms with Crippen LogP contribution in [-0.2, 0) is 0 Å². The number of hydrogen-bond donors (Lipinski definition) is 1. The second-order valence-electron chi connectivity index (χ2n) is 7.45. The summed E-state index contributed by atoms with van der Waals surface area (Å²) in [6.07, 6.45) is 11.9. The summed E-state index contributed by atoms with van der Waals surface area (Å²) >= 11 is 5.71. The molecule has 2 aromatic rings. The molecule has 26 heavy (non-hydrogen) atoms. The van der Waals surface area contributed by atoms with Gasteiger partial charge in [-0.25, -0.2) is 0 Å². The highest BCUT2D eigenvalue weighted by atomic mass is 32.1. The van der Waals surface area contributed by atoms with Crippen molar-refractivity contribution in [2.45, 2.75) is 63.6 Å². The van der Waals surface area contributed by atoms with Crippen molar-refractivity contribution in [3.05, 3.63) is 54.1 Å². The molecule has 0 radical (unpaired) electrons. The molecule has 4 rings (SSSR count). The topological polar surface area (TPSA) is 33.1 Å². The molecule has 0 aromatic carbocycles. The average Bonchev–Trinajstić information content (AvgIpc) is 3.28. The molecule has 2 aromatic heterocycles. The molecular formula is C21H28N4S. The Labute approximate surface area is 161 Å². The van der Waals surface area contributed by atoms with Gasteiger partial charge in [0.25, 0.3) is 0 Å². The van der Waals surface area contributed by atoms with Crippen LogP contribution < -0.4 is 5.32 Å². The van der Waals surface area contributed by atoms with Crippen molar-refractivity contribution in [2.75, 3.05) is 6.54 Å². The number of nitrogens with one attached hydrogen (secondary N) is 1. The molecule has 138 valence electrons. The minimum absolute atomic E-state index is 0.104. The van der Waals surface area contributed by atoms with Crippen LogP contribution in [0, 0.1) is 0 Å². The van der Waals surface area contributed by atoms with E-state index in [-0.39, 0.29) is 12.1 Å². The highest BCUT2D eigenvalue weighted by Crippen LogP contribution is 2.41. The zero-order chi connectivity index (χ0) is 17.9. The lowest BCUT2D eigenvalue weighted by molar-refractivity contribution is 0.280. The molecular weight excluding hydrogens is 340 g/mol. The van der Waals surface area contributed by atoms with Crippen molar-refractivity contribution in [2.24, 2.45) is 0 Å². The Hall–Kier alpha value is -1.88. The zero-order valence-corrected chi connectivity index (χ0v) is 16.3. The Morgan fingerprint density at radius 3 is 2.73 bits per heavy atom. The molecule has 1 aliphatic heterocycles. The van der Waals surface area contributed by atoms with Gasteiger partial charge in [-0.1, -0.05) is 32.3 Å². The molecule has 2 aliphatic rings. The third-order valence-electron chi connectivity index (χ3n) is 5.75. The Morgan fingerprint density at radius 1 is 1.15 bits per heavy atom. The second kappa shape index (κ2) is 7.78. The molecule has 5 heteroatoms. The average molecular weight is 369 g/mol. The highest BCUT2D eigenvalue weighted by molar-refractivity contribution is 7.80. The van der Waals surface area contributed by atoms with E-state index < -0.39 is 0 Å². The van der Waals surface area contributed by atoms with Crippen LogP contribution in [0.15, 0.2) is 42.7 Å². The van der Waals surface area contributed by atoms with Gasteiger partial charge in [0.1, 0.15) is 0 Å². The fourth-order valence-electron chi connectivity index (χ4n) is 4.56. The first-order valence-corrected chi connectivity index (χ1v) is 10.3. The minimum atomic E-state index is 0.104. The smallest absolute Gasteiger partial charge is 0.170 e. The lowest BCUT2D eigenvalue weighted by Crippen LogP contribution is -2.31. The van der Waals surface area contributed by atoms with Crippen LogP contribution in [0.5, 0.6) is 0 Å². The largest absolute Gasteiger partial charge is 0.352 e. The molecule has 3 heterocycles. The van der Waals surface area contributed by atoms with Gasteiger partial charge in [0, 0.05) is 30.7 Å². The van der Waals surface area contributed by atoms with E-state index in [1.165, 1.54) is 37.8 Å². The van der Waals surface area contributed by atoms with Crippen molar-refractivity contribution in [3.8, 4) is 0 Å². The predicted octanol–water partition coefficient (Wildman–Crippen LogP) is 4.77. The molecule has 1 aliphatic carbocycles. The van der Waals surface area contributed by atoms with Gasteiger partial charge in [0.05, 0.1) is 17.8 Å². The summed E-state index contributed by atoms with van der Waals surface area (Å²) in [5.41, 5.74) is 2.43. The summed E-state index contributed by atoms with van der Waals surface area (Å²) in [5.74, 6) is 0. The second-order valence-corrected chi connectivity index (χ2v) is 7.84. The van der Waals surface area contributed by atoms with Gasteiger partial charge in [0.15, 0.2) is 5.11 Å². The van der Waals surface area contributed by atoms with Crippen LogP contribution in [0.1, 0.15) is 75.0 Å². The van der Waals surface area contributed by atoms with Gasteiger partial charge >= 0.3 is 0 Å². The lowest BCUT2D eigenvalue weighted by atomic mass is 9.94. The first-order chi connectivity index (χ1) is 12.8. The molecule has 0 unspecified atom stereocenters. The maximum absolute atomic E-state index is 5.71. The maximum Gasteiger partial charge on any atom is 0.170 e. The lowest BCUT2D eigenvalue weighted by Gasteiger charge is -2.32. The first kappa shape index (κ1) is 17.5. The number of rotatable bonds is 5. The van der Waals surface area contributed by atoms with Crippen LogP contribution in [0.2, 0.25) is 0 Å². The standard InChI is InChI=1S/C21H28N4S/c1-2-14-25-20(19(23-21(25)26)17-11-6-7-13-22-17)18-12-8-15-24(18)16-9-4-3-5-10-16/h6-8,11-13,15-16,19-20H,2-5,9-10,14H2,1H3,(H,23,26)/t19-,20+/m0/s1. The third-order valence-corrected chi connectivity index (χ3v) is 6.10. The SMILES string of the molecule is CCCN1C(=S)N[C@@H](c2ccccn2)[C@H]1c1cccn1C1CCCCC1. The summed E-state index contributed by atoms with van der Waals surface area (Å²) < 4.78 is 2.53. The number of pyridine rings is 1. The molecule has 0 spiro atoms. The van der Waals surface area contributed by atoms with E-state index in [2.05, 4.69) is 57.2 Å². The van der Waals surface area contributed by atoms with Crippen molar-refractivity contribution in [3.63, 3.8) is 0 Å². The van der Waals surface area contributed by atoms with E-state index in [0.29, 0.717) is 6.04 Å². The van der Waals surface area contributed by atoms with E-state index >= 15 is 0 Å². The van der Waals surface area contributed by atoms with Crippen molar-refractivity contribution < 1.29 is 0 Å². The quantitative estimate of drug-likeness (QED) is 0.771. The predicted molar refractivity (Wildman–Crippen MR) is 109 cm³/mol. The van der Waals surface area contributed by atoms with E-state index in [1.54, 1.807) is 0 Å². The molecule has 4 nitrogen and oxygen atoms in total. The summed E-state index contributed by atoms with van der Waals surface area (Å²) in [7, 11) is 0. The van der Waals surface area contributed by atoms with E-state index in [1.807, 2.05) is 12.3 Å². The Kier molecular flexibility index (Phi) is 5.25. The third kappa shape index (κ3) is 3.25. The van der Waals surface area contributed by atoms with Crippen molar-refractivity contribution >= 4 is 17.3 Å². The number of aromatic nitrogens is 2. The van der Waals surface area contributed by atoms with Gasteiger partial charge in [-0.2, -0.15) is 0 Å². The molecule has 0 amide bonds. The number of nitrogens with zero attached hydrogens (tertiary/aromatic N) is 3. The fraction of sp³-hybridized carbons (Fsp3) is 0.524. The molecule has 1 saturated carbocycles. The van der Waals surface area contributed by atoms with Crippen LogP contribution >= 0.6 is 12.2 Å². The van der Waals surface area contributed by atoms with Crippen LogP contribution in [0.3, 0.4) is 0 Å². The van der Waals surface area contributed by atoms with Gasteiger partial charge in [-0.3, -0.25) is 4.98 Å². The van der Waals surface area contributed by atoms with Crippen molar-refractivity contribution in [1.82, 2.24) is 19.8 Å². The van der Waals surface area contributed by atoms with E-state index in [4.69, 9.17) is 12.2 Å². The Morgan fingerprint density at radius 2 is 2.00 bits per heavy atom. The fourth-order valence-corrected chi connectivity index (χ4v) is 4.89. The summed E-state index contributed by atoms with van der Waals surface area (Å²) in [6.45, 7) is 3.18. The van der Waals surface area contributed by atoms with E-state index in [0.717, 1.165) is 23.8 Å². The minimum Gasteiger partial charge on any atom is -0.352 e. The first-order valence-electron chi connectivity index (χ1n) is 9.94. The summed E-state index contributed by atoms with van der Waals surface area (Å²) in [5, 5.41) is 4.41. The van der Waals surface area contributed by atoms with Crippen molar-refractivity contribution in [1.29, 1.82) is 0 Å². The maximum atomic E-state index is 5.71. The van der Waals surface area contributed by atoms with Gasteiger partial charge in [-0.05, 0) is 55.7 Å². The molecule has 0 bridgehead atoms. The molecule has 1 saturated heterocycles. The zero-order valence-electron chi connectivity index (χ0n) is 15.5. The summed E-state index contributed by atoms with van der Waals surface area (Å²) in [6, 6.07) is 11.6. The number of thiocarbonyl (C=S) groups is 1. The molecule has 2 atom stereocenters. The van der Waals surface area contributed by atoms with Gasteiger partial charge < -0.3 is 14.8 Å². The normalized spacial score (nSPS) is 24.0. The highest BCUT2D eigenvalue weighted by Gasteiger charge is 2.41. The van der Waals surface area contributed by atoms with Gasteiger partial charge in [-0.15, -0.1) is 0 Å². The van der Waals surface area contributed by atoms with Gasteiger partial charge in [0.2, 0.25) is 0 Å². The molecule has 1 N–H and O–H groups in total. The monoisotopic (exact) mass is 368 g/mol.